The number of rotatable bonds is 9. The van der Waals surface area contributed by atoms with Gasteiger partial charge in [-0.3, -0.25) is 14.4 Å². The summed E-state index contributed by atoms with van der Waals surface area (Å²) in [5.74, 6) is -1.72. The molecule has 2 aromatic carbocycles. The minimum absolute atomic E-state index is 0.00415. The third kappa shape index (κ3) is 5.57. The third-order valence-corrected chi connectivity index (χ3v) is 4.42. The molecule has 146 valence electrons. The number of benzene rings is 2. The summed E-state index contributed by atoms with van der Waals surface area (Å²) in [6.45, 7) is -0.278. The van der Waals surface area contributed by atoms with E-state index in [1.807, 2.05) is 0 Å². The summed E-state index contributed by atoms with van der Waals surface area (Å²) >= 11 is 0. The van der Waals surface area contributed by atoms with Crippen LogP contribution < -0.4 is 15.4 Å². The lowest BCUT2D eigenvalue weighted by Gasteiger charge is -2.14. The molecule has 0 bridgehead atoms. The molecular weight excluding hydrogens is 360 g/mol. The maximum atomic E-state index is 12.0. The first-order valence-corrected chi connectivity index (χ1v) is 9.11. The summed E-state index contributed by atoms with van der Waals surface area (Å²) in [6, 6.07) is 15.6. The van der Waals surface area contributed by atoms with Crippen LogP contribution in [0.5, 0.6) is 5.75 Å². The number of ether oxygens (including phenoxy) is 1. The Bertz CT molecular complexity index is 849. The number of carbonyl (C=O) groups excluding carboxylic acids is 2. The number of hydrogen-bond donors (Lipinski definition) is 3. The van der Waals surface area contributed by atoms with Gasteiger partial charge in [0, 0.05) is 24.2 Å². The molecule has 0 saturated heterocycles. The van der Waals surface area contributed by atoms with Gasteiger partial charge >= 0.3 is 5.97 Å². The van der Waals surface area contributed by atoms with Crippen LogP contribution in [0.4, 0.5) is 5.69 Å². The van der Waals surface area contributed by atoms with Crippen molar-refractivity contribution >= 4 is 23.5 Å². The van der Waals surface area contributed by atoms with Crippen molar-refractivity contribution in [3.8, 4) is 5.75 Å². The molecule has 7 nitrogen and oxygen atoms in total. The van der Waals surface area contributed by atoms with E-state index in [9.17, 15) is 19.5 Å². The van der Waals surface area contributed by atoms with Crippen LogP contribution in [-0.2, 0) is 14.4 Å². The van der Waals surface area contributed by atoms with Crippen LogP contribution in [0.15, 0.2) is 54.6 Å². The highest BCUT2D eigenvalue weighted by atomic mass is 16.5. The Labute approximate surface area is 162 Å². The van der Waals surface area contributed by atoms with Gasteiger partial charge in [0.15, 0.2) is 6.61 Å². The van der Waals surface area contributed by atoms with Crippen LogP contribution in [0.25, 0.3) is 0 Å². The first-order valence-electron chi connectivity index (χ1n) is 9.11. The van der Waals surface area contributed by atoms with E-state index in [0.717, 1.165) is 12.8 Å². The number of anilines is 1. The van der Waals surface area contributed by atoms with Crippen molar-refractivity contribution in [1.82, 2.24) is 5.32 Å². The zero-order valence-corrected chi connectivity index (χ0v) is 15.3. The number of carbonyl (C=O) groups is 3. The van der Waals surface area contributed by atoms with Gasteiger partial charge in [-0.1, -0.05) is 36.4 Å². The second kappa shape index (κ2) is 9.03. The first kappa shape index (κ1) is 19.4. The van der Waals surface area contributed by atoms with Crippen LogP contribution in [-0.4, -0.2) is 36.0 Å². The molecule has 1 saturated carbocycles. The highest BCUT2D eigenvalue weighted by molar-refractivity contribution is 5.94. The topological polar surface area (TPSA) is 105 Å². The van der Waals surface area contributed by atoms with E-state index < -0.39 is 17.8 Å². The second-order valence-electron chi connectivity index (χ2n) is 6.69. The molecule has 7 heteroatoms. The lowest BCUT2D eigenvalue weighted by molar-refractivity contribution is -0.138. The number of carboxylic acid groups (broad SMARTS) is 1. The van der Waals surface area contributed by atoms with E-state index in [1.165, 1.54) is 0 Å². The van der Waals surface area contributed by atoms with Gasteiger partial charge < -0.3 is 20.5 Å². The van der Waals surface area contributed by atoms with E-state index in [-0.39, 0.29) is 25.0 Å². The largest absolute Gasteiger partial charge is 0.484 e. The number of nitrogens with one attached hydrogen (secondary N) is 2. The summed E-state index contributed by atoms with van der Waals surface area (Å²) in [6.07, 6.45) is 1.84. The van der Waals surface area contributed by atoms with E-state index in [2.05, 4.69) is 10.6 Å². The fraction of sp³-hybridized carbons (Fsp3) is 0.286. The van der Waals surface area contributed by atoms with Gasteiger partial charge in [0.05, 0.1) is 5.92 Å². The molecular formula is C21H22N2O5. The summed E-state index contributed by atoms with van der Waals surface area (Å²) < 4.78 is 5.45. The van der Waals surface area contributed by atoms with Crippen molar-refractivity contribution in [2.75, 3.05) is 18.5 Å². The van der Waals surface area contributed by atoms with Gasteiger partial charge in [-0.05, 0) is 30.5 Å². The van der Waals surface area contributed by atoms with Gasteiger partial charge in [-0.25, -0.2) is 0 Å². The van der Waals surface area contributed by atoms with Crippen molar-refractivity contribution in [3.05, 3.63) is 60.2 Å². The summed E-state index contributed by atoms with van der Waals surface area (Å²) in [5.41, 5.74) is 1.24. The minimum Gasteiger partial charge on any atom is -0.484 e. The predicted octanol–water partition coefficient (Wildman–Crippen LogP) is 2.40. The number of carboxylic acids is 1. The van der Waals surface area contributed by atoms with Crippen molar-refractivity contribution in [2.45, 2.75) is 18.8 Å². The van der Waals surface area contributed by atoms with Crippen LogP contribution in [0.2, 0.25) is 0 Å². The van der Waals surface area contributed by atoms with Crippen LogP contribution in [0.3, 0.4) is 0 Å². The quantitative estimate of drug-likeness (QED) is 0.618. The Morgan fingerprint density at radius 2 is 1.82 bits per heavy atom. The number of hydrogen-bond acceptors (Lipinski definition) is 4. The van der Waals surface area contributed by atoms with Gasteiger partial charge in [0.25, 0.3) is 5.91 Å². The minimum atomic E-state index is -1.01. The van der Waals surface area contributed by atoms with E-state index in [0.29, 0.717) is 17.0 Å². The molecule has 0 aromatic heterocycles. The Morgan fingerprint density at radius 3 is 2.50 bits per heavy atom. The van der Waals surface area contributed by atoms with Gasteiger partial charge in [-0.15, -0.1) is 0 Å². The standard InChI is InChI=1S/C21H22N2O5/c24-19(22-12-18(21(26)27)14-5-2-1-3-6-14)13-28-17-8-4-7-16(11-17)23-20(25)15-9-10-15/h1-8,11,15,18H,9-10,12-13H2,(H,22,24)(H,23,25)(H,26,27). The predicted molar refractivity (Wildman–Crippen MR) is 103 cm³/mol. The fourth-order valence-corrected chi connectivity index (χ4v) is 2.70. The summed E-state index contributed by atoms with van der Waals surface area (Å²) in [5, 5.41) is 14.8. The smallest absolute Gasteiger partial charge is 0.312 e. The molecule has 2 aromatic rings. The Morgan fingerprint density at radius 1 is 1.07 bits per heavy atom. The van der Waals surface area contributed by atoms with Crippen LogP contribution in [0, 0.1) is 5.92 Å². The number of amides is 2. The fourth-order valence-electron chi connectivity index (χ4n) is 2.70. The molecule has 3 N–H and O–H groups in total. The molecule has 1 atom stereocenters. The van der Waals surface area contributed by atoms with Gasteiger partial charge in [-0.2, -0.15) is 0 Å². The zero-order chi connectivity index (χ0) is 19.9. The monoisotopic (exact) mass is 382 g/mol. The Balaban J connectivity index is 1.48. The molecule has 0 heterocycles. The molecule has 0 aliphatic heterocycles. The molecule has 1 aliphatic carbocycles. The van der Waals surface area contributed by atoms with E-state index in [4.69, 9.17) is 4.74 Å². The first-order chi connectivity index (χ1) is 13.5. The molecule has 28 heavy (non-hydrogen) atoms. The molecule has 1 unspecified atom stereocenters. The zero-order valence-electron chi connectivity index (χ0n) is 15.3. The van der Waals surface area contributed by atoms with Crippen molar-refractivity contribution < 1.29 is 24.2 Å². The van der Waals surface area contributed by atoms with Gasteiger partial charge in [0.2, 0.25) is 5.91 Å². The van der Waals surface area contributed by atoms with Crippen LogP contribution in [0.1, 0.15) is 24.3 Å². The average Bonchev–Trinajstić information content (AvgIpc) is 3.53. The second-order valence-corrected chi connectivity index (χ2v) is 6.69. The molecule has 2 amide bonds. The van der Waals surface area contributed by atoms with Crippen molar-refractivity contribution in [2.24, 2.45) is 5.92 Å². The van der Waals surface area contributed by atoms with Crippen molar-refractivity contribution in [1.29, 1.82) is 0 Å². The average molecular weight is 382 g/mol. The highest BCUT2D eigenvalue weighted by Gasteiger charge is 2.29. The molecule has 0 radical (unpaired) electrons. The Hall–Kier alpha value is -3.35. The van der Waals surface area contributed by atoms with Crippen molar-refractivity contribution in [3.63, 3.8) is 0 Å². The van der Waals surface area contributed by atoms with E-state index in [1.54, 1.807) is 54.6 Å². The maximum absolute atomic E-state index is 12.0. The molecule has 0 spiro atoms. The van der Waals surface area contributed by atoms with E-state index >= 15 is 0 Å². The molecule has 1 fully saturated rings. The maximum Gasteiger partial charge on any atom is 0.312 e. The van der Waals surface area contributed by atoms with Crippen LogP contribution >= 0.6 is 0 Å². The molecule has 3 rings (SSSR count). The Kier molecular flexibility index (Phi) is 6.26. The number of aliphatic carboxylic acids is 1. The summed E-state index contributed by atoms with van der Waals surface area (Å²) in [4.78, 5) is 35.3. The SMILES string of the molecule is O=C(COc1cccc(NC(=O)C2CC2)c1)NCC(C(=O)O)c1ccccc1. The highest BCUT2D eigenvalue weighted by Crippen LogP contribution is 2.30. The third-order valence-electron chi connectivity index (χ3n) is 4.42. The summed E-state index contributed by atoms with van der Waals surface area (Å²) in [7, 11) is 0. The molecule has 1 aliphatic rings. The lowest BCUT2D eigenvalue weighted by atomic mass is 9.99. The normalized spacial score (nSPS) is 14.0. The van der Waals surface area contributed by atoms with Gasteiger partial charge in [0.1, 0.15) is 5.75 Å². The lowest BCUT2D eigenvalue weighted by Crippen LogP contribution is -2.34.